The molecule has 0 saturated carbocycles. The number of aromatic carboxylic acids is 1. The van der Waals surface area contributed by atoms with Crippen LogP contribution in [0.25, 0.3) is 5.70 Å². The molecule has 5 nitrogen and oxygen atoms in total. The van der Waals surface area contributed by atoms with Crippen LogP contribution in [0.5, 0.6) is 0 Å². The van der Waals surface area contributed by atoms with Crippen LogP contribution in [0, 0.1) is 5.82 Å². The summed E-state index contributed by atoms with van der Waals surface area (Å²) in [6.07, 6.45) is 0. The fourth-order valence-corrected chi connectivity index (χ4v) is 3.35. The summed E-state index contributed by atoms with van der Waals surface area (Å²) < 4.78 is 13.3. The first kappa shape index (κ1) is 17.1. The molecule has 2 aromatic rings. The van der Waals surface area contributed by atoms with Gasteiger partial charge in [-0.3, -0.25) is 9.85 Å². The van der Waals surface area contributed by atoms with Gasteiger partial charge >= 0.3 is 5.97 Å². The van der Waals surface area contributed by atoms with Crippen LogP contribution in [0.2, 0.25) is 0 Å². The molecular formula is C19H19FN2O3. The number of hydrazine groups is 1. The zero-order chi connectivity index (χ0) is 18.1. The fourth-order valence-electron chi connectivity index (χ4n) is 3.35. The molecule has 1 aliphatic heterocycles. The Morgan fingerprint density at radius 1 is 1.16 bits per heavy atom. The monoisotopic (exact) mass is 342 g/mol. The van der Waals surface area contributed by atoms with E-state index in [2.05, 4.69) is 0 Å². The Labute approximate surface area is 145 Å². The Hall–Kier alpha value is -2.70. The third-order valence-electron chi connectivity index (χ3n) is 4.41. The molecular weight excluding hydrogens is 323 g/mol. The van der Waals surface area contributed by atoms with E-state index in [-0.39, 0.29) is 17.4 Å². The van der Waals surface area contributed by atoms with Crippen molar-refractivity contribution in [2.45, 2.75) is 13.0 Å². The summed E-state index contributed by atoms with van der Waals surface area (Å²) in [5.41, 5.74) is 3.47. The van der Waals surface area contributed by atoms with Crippen LogP contribution in [0.4, 0.5) is 4.39 Å². The number of halogens is 1. The van der Waals surface area contributed by atoms with Crippen LogP contribution in [-0.4, -0.2) is 35.4 Å². The second kappa shape index (κ2) is 6.66. The number of rotatable bonds is 4. The molecule has 1 heterocycles. The zero-order valence-electron chi connectivity index (χ0n) is 14.2. The predicted octanol–water partition coefficient (Wildman–Crippen LogP) is 3.72. The summed E-state index contributed by atoms with van der Waals surface area (Å²) in [6.45, 7) is 1.93. The van der Waals surface area contributed by atoms with Crippen molar-refractivity contribution in [1.29, 1.82) is 0 Å². The highest BCUT2D eigenvalue weighted by Crippen LogP contribution is 2.43. The molecule has 0 saturated heterocycles. The smallest absolute Gasteiger partial charge is 0.336 e. The fraction of sp³-hybridized carbons (Fsp3) is 0.211. The van der Waals surface area contributed by atoms with Crippen molar-refractivity contribution < 1.29 is 19.1 Å². The largest absolute Gasteiger partial charge is 0.478 e. The van der Waals surface area contributed by atoms with Gasteiger partial charge in [-0.05, 0) is 54.0 Å². The number of hydroxylamine groups is 1. The average molecular weight is 342 g/mol. The Balaban J connectivity index is 2.16. The second-order valence-electron chi connectivity index (χ2n) is 5.84. The lowest BCUT2D eigenvalue weighted by Gasteiger charge is -2.31. The first-order chi connectivity index (χ1) is 12.0. The summed E-state index contributed by atoms with van der Waals surface area (Å²) in [5, 5.41) is 13.0. The van der Waals surface area contributed by atoms with E-state index in [4.69, 9.17) is 4.84 Å². The van der Waals surface area contributed by atoms with Crippen LogP contribution >= 0.6 is 0 Å². The lowest BCUT2D eigenvalue weighted by Crippen LogP contribution is -2.35. The van der Waals surface area contributed by atoms with Gasteiger partial charge in [-0.15, -0.1) is 0 Å². The molecule has 25 heavy (non-hydrogen) atoms. The number of hydrogen-bond donors (Lipinski definition) is 1. The van der Waals surface area contributed by atoms with Crippen LogP contribution in [0.3, 0.4) is 0 Å². The van der Waals surface area contributed by atoms with Crippen molar-refractivity contribution in [1.82, 2.24) is 10.2 Å². The van der Waals surface area contributed by atoms with Crippen LogP contribution in [-0.2, 0) is 4.84 Å². The standard InChI is InChI=1S/C19H19FN2O3/c1-12-17(13-8-10-14(20)11-9-13)21(2)22(25-3)18(12)15-6-4-5-7-16(15)19(23)24/h4-11,18H,1-3H3,(H,23,24). The number of benzene rings is 2. The summed E-state index contributed by atoms with van der Waals surface area (Å²) in [5.74, 6) is -1.30. The molecule has 130 valence electrons. The maximum absolute atomic E-state index is 13.3. The van der Waals surface area contributed by atoms with Gasteiger partial charge in [-0.1, -0.05) is 23.4 Å². The van der Waals surface area contributed by atoms with E-state index >= 15 is 0 Å². The molecule has 1 N–H and O–H groups in total. The first-order valence-corrected chi connectivity index (χ1v) is 7.81. The molecule has 1 aliphatic rings. The number of nitrogens with zero attached hydrogens (tertiary/aromatic N) is 2. The number of hydrogen-bond acceptors (Lipinski definition) is 4. The molecule has 6 heteroatoms. The third-order valence-corrected chi connectivity index (χ3v) is 4.41. The van der Waals surface area contributed by atoms with Crippen molar-refractivity contribution in [2.75, 3.05) is 14.2 Å². The molecule has 0 amide bonds. The molecule has 0 aliphatic carbocycles. The van der Waals surface area contributed by atoms with E-state index in [1.807, 2.05) is 19.0 Å². The normalized spacial score (nSPS) is 18.1. The molecule has 3 rings (SSSR count). The molecule has 0 bridgehead atoms. The molecule has 0 aromatic heterocycles. The van der Waals surface area contributed by atoms with E-state index in [0.29, 0.717) is 5.56 Å². The van der Waals surface area contributed by atoms with Crippen molar-refractivity contribution >= 4 is 11.7 Å². The van der Waals surface area contributed by atoms with Crippen LogP contribution in [0.15, 0.2) is 54.1 Å². The van der Waals surface area contributed by atoms with E-state index in [0.717, 1.165) is 16.8 Å². The van der Waals surface area contributed by atoms with Gasteiger partial charge in [0.05, 0.1) is 18.4 Å². The van der Waals surface area contributed by atoms with E-state index in [1.165, 1.54) is 19.2 Å². The van der Waals surface area contributed by atoms with Gasteiger partial charge in [0.15, 0.2) is 0 Å². The van der Waals surface area contributed by atoms with E-state index in [9.17, 15) is 14.3 Å². The van der Waals surface area contributed by atoms with Gasteiger partial charge in [-0.25, -0.2) is 9.18 Å². The van der Waals surface area contributed by atoms with E-state index < -0.39 is 5.97 Å². The molecule has 1 atom stereocenters. The van der Waals surface area contributed by atoms with Gasteiger partial charge in [0.25, 0.3) is 0 Å². The SMILES string of the molecule is CON1C(c2ccccc2C(=O)O)C(C)=C(c2ccc(F)cc2)N1C. The summed E-state index contributed by atoms with van der Waals surface area (Å²) in [7, 11) is 3.36. The van der Waals surface area contributed by atoms with Gasteiger partial charge in [0.2, 0.25) is 0 Å². The number of carboxylic acid groups (broad SMARTS) is 1. The Kier molecular flexibility index (Phi) is 4.57. The van der Waals surface area contributed by atoms with E-state index in [1.54, 1.807) is 41.6 Å². The number of carbonyl (C=O) groups is 1. The van der Waals surface area contributed by atoms with Crippen LogP contribution < -0.4 is 0 Å². The number of carboxylic acids is 1. The van der Waals surface area contributed by atoms with Crippen molar-refractivity contribution in [3.63, 3.8) is 0 Å². The van der Waals surface area contributed by atoms with Gasteiger partial charge in [0, 0.05) is 7.05 Å². The zero-order valence-corrected chi connectivity index (χ0v) is 14.2. The average Bonchev–Trinajstić information content (AvgIpc) is 2.85. The first-order valence-electron chi connectivity index (χ1n) is 7.81. The van der Waals surface area contributed by atoms with Gasteiger partial charge in [0.1, 0.15) is 11.9 Å². The highest BCUT2D eigenvalue weighted by molar-refractivity contribution is 5.90. The second-order valence-corrected chi connectivity index (χ2v) is 5.84. The highest BCUT2D eigenvalue weighted by atomic mass is 19.1. The minimum Gasteiger partial charge on any atom is -0.478 e. The Bertz CT molecular complexity index is 833. The minimum atomic E-state index is -0.989. The highest BCUT2D eigenvalue weighted by Gasteiger charge is 2.38. The van der Waals surface area contributed by atoms with Crippen LogP contribution in [0.1, 0.15) is 34.5 Å². The molecule has 0 spiro atoms. The summed E-state index contributed by atoms with van der Waals surface area (Å²) in [6, 6.07) is 12.7. The van der Waals surface area contributed by atoms with Gasteiger partial charge in [-0.2, -0.15) is 0 Å². The van der Waals surface area contributed by atoms with Crippen molar-refractivity contribution in [3.8, 4) is 0 Å². The Morgan fingerprint density at radius 3 is 2.40 bits per heavy atom. The van der Waals surface area contributed by atoms with Gasteiger partial charge < -0.3 is 5.11 Å². The lowest BCUT2D eigenvalue weighted by molar-refractivity contribution is -0.245. The molecule has 0 fully saturated rings. The summed E-state index contributed by atoms with van der Waals surface area (Å²) in [4.78, 5) is 17.1. The van der Waals surface area contributed by atoms with Crippen molar-refractivity contribution in [3.05, 3.63) is 76.6 Å². The molecule has 1 unspecified atom stereocenters. The molecule has 2 aromatic carbocycles. The minimum absolute atomic E-state index is 0.225. The third kappa shape index (κ3) is 2.90. The topological polar surface area (TPSA) is 53.0 Å². The van der Waals surface area contributed by atoms with Crippen molar-refractivity contribution in [2.24, 2.45) is 0 Å². The predicted molar refractivity (Wildman–Crippen MR) is 91.7 cm³/mol. The Morgan fingerprint density at radius 2 is 1.80 bits per heavy atom. The quantitative estimate of drug-likeness (QED) is 0.918. The lowest BCUT2D eigenvalue weighted by atomic mass is 9.94. The molecule has 0 radical (unpaired) electrons. The maximum Gasteiger partial charge on any atom is 0.336 e. The maximum atomic E-state index is 13.3. The summed E-state index contributed by atoms with van der Waals surface area (Å²) >= 11 is 0.